The number of hydrogen-bond acceptors (Lipinski definition) is 6. The molecule has 0 amide bonds. The summed E-state index contributed by atoms with van der Waals surface area (Å²) in [7, 11) is 0. The van der Waals surface area contributed by atoms with E-state index >= 15 is 0 Å². The van der Waals surface area contributed by atoms with Gasteiger partial charge in [0.15, 0.2) is 0 Å². The van der Waals surface area contributed by atoms with Gasteiger partial charge >= 0.3 is 4.87 Å². The van der Waals surface area contributed by atoms with Crippen LogP contribution in [0, 0.1) is 5.82 Å². The molecule has 0 fully saturated rings. The standard InChI is InChI=1S/C26H28FN3O3S/c27-21-4-2-1-3-19(21)12-14-28-15-18-7-5-17(6-8-18)11-13-29-16-23(32)20-9-10-22(31)24-25(20)34-26(33)30-24/h1-10,23,28-29,31-32H,11-16H2,(H,30,33). The minimum Gasteiger partial charge on any atom is -0.506 e. The molecule has 0 aliphatic heterocycles. The Morgan fingerprint density at radius 2 is 1.68 bits per heavy atom. The summed E-state index contributed by atoms with van der Waals surface area (Å²) in [4.78, 5) is 14.0. The molecule has 1 aromatic heterocycles. The van der Waals surface area contributed by atoms with Crippen LogP contribution >= 0.6 is 11.3 Å². The van der Waals surface area contributed by atoms with Crippen LogP contribution in [-0.2, 0) is 19.4 Å². The molecule has 1 heterocycles. The first kappa shape index (κ1) is 24.1. The van der Waals surface area contributed by atoms with E-state index in [0.717, 1.165) is 29.9 Å². The molecule has 6 nitrogen and oxygen atoms in total. The van der Waals surface area contributed by atoms with Crippen LogP contribution in [0.2, 0.25) is 0 Å². The van der Waals surface area contributed by atoms with Gasteiger partial charge in [-0.2, -0.15) is 0 Å². The Kier molecular flexibility index (Phi) is 8.08. The normalized spacial score (nSPS) is 12.3. The maximum absolute atomic E-state index is 13.7. The van der Waals surface area contributed by atoms with E-state index in [1.165, 1.54) is 23.3 Å². The van der Waals surface area contributed by atoms with Gasteiger partial charge in [-0.05, 0) is 54.8 Å². The van der Waals surface area contributed by atoms with E-state index in [0.29, 0.717) is 41.8 Å². The smallest absolute Gasteiger partial charge is 0.305 e. The predicted molar refractivity (Wildman–Crippen MR) is 134 cm³/mol. The number of aliphatic hydroxyl groups is 1. The summed E-state index contributed by atoms with van der Waals surface area (Å²) in [5.74, 6) is -0.159. The first-order valence-electron chi connectivity index (χ1n) is 11.3. The number of aromatic hydroxyl groups is 1. The van der Waals surface area contributed by atoms with E-state index < -0.39 is 6.10 Å². The van der Waals surface area contributed by atoms with Gasteiger partial charge in [0.1, 0.15) is 17.1 Å². The highest BCUT2D eigenvalue weighted by Gasteiger charge is 2.15. The number of thiazole rings is 1. The molecule has 34 heavy (non-hydrogen) atoms. The molecule has 1 atom stereocenters. The molecule has 0 radical (unpaired) electrons. The minimum absolute atomic E-state index is 0.000924. The average molecular weight is 482 g/mol. The Morgan fingerprint density at radius 1 is 0.941 bits per heavy atom. The third-order valence-electron chi connectivity index (χ3n) is 5.76. The Labute approximate surface area is 201 Å². The first-order valence-corrected chi connectivity index (χ1v) is 12.1. The van der Waals surface area contributed by atoms with Crippen molar-refractivity contribution in [1.29, 1.82) is 0 Å². The lowest BCUT2D eigenvalue weighted by Crippen LogP contribution is -2.23. The maximum Gasteiger partial charge on any atom is 0.305 e. The fourth-order valence-electron chi connectivity index (χ4n) is 3.86. The van der Waals surface area contributed by atoms with Gasteiger partial charge in [-0.3, -0.25) is 4.79 Å². The van der Waals surface area contributed by atoms with Gasteiger partial charge in [0, 0.05) is 18.7 Å². The van der Waals surface area contributed by atoms with Crippen LogP contribution < -0.4 is 15.5 Å². The summed E-state index contributed by atoms with van der Waals surface area (Å²) in [5.41, 5.74) is 4.07. The van der Waals surface area contributed by atoms with E-state index in [2.05, 4.69) is 39.9 Å². The molecule has 178 valence electrons. The number of hydrogen-bond donors (Lipinski definition) is 5. The Morgan fingerprint density at radius 3 is 2.47 bits per heavy atom. The van der Waals surface area contributed by atoms with Crippen molar-refractivity contribution < 1.29 is 14.6 Å². The second-order valence-corrected chi connectivity index (χ2v) is 9.18. The SMILES string of the molecule is O=c1[nH]c2c(O)ccc(C(O)CNCCc3ccc(CNCCc4ccccc4F)cc3)c2s1. The largest absolute Gasteiger partial charge is 0.506 e. The highest BCUT2D eigenvalue weighted by molar-refractivity contribution is 7.16. The summed E-state index contributed by atoms with van der Waals surface area (Å²) in [6.07, 6.45) is 0.684. The predicted octanol–water partition coefficient (Wildman–Crippen LogP) is 3.63. The van der Waals surface area contributed by atoms with Crippen LogP contribution in [0.15, 0.2) is 65.5 Å². The van der Waals surface area contributed by atoms with Crippen LogP contribution in [0.3, 0.4) is 0 Å². The lowest BCUT2D eigenvalue weighted by molar-refractivity contribution is 0.176. The Balaban J connectivity index is 1.19. The summed E-state index contributed by atoms with van der Waals surface area (Å²) in [5, 5.41) is 27.1. The molecular formula is C26H28FN3O3S. The van der Waals surface area contributed by atoms with E-state index in [-0.39, 0.29) is 16.4 Å². The quantitative estimate of drug-likeness (QED) is 0.211. The first-order chi connectivity index (χ1) is 16.5. The molecule has 4 rings (SSSR count). The zero-order valence-corrected chi connectivity index (χ0v) is 19.5. The topological polar surface area (TPSA) is 97.4 Å². The maximum atomic E-state index is 13.7. The van der Waals surface area contributed by atoms with Crippen molar-refractivity contribution in [2.75, 3.05) is 19.6 Å². The fraction of sp³-hybridized carbons (Fsp3) is 0.269. The van der Waals surface area contributed by atoms with Crippen molar-refractivity contribution in [1.82, 2.24) is 15.6 Å². The zero-order valence-electron chi connectivity index (χ0n) is 18.7. The van der Waals surface area contributed by atoms with Gasteiger partial charge in [0.05, 0.1) is 10.8 Å². The Hall–Kier alpha value is -3.04. The monoisotopic (exact) mass is 481 g/mol. The zero-order chi connectivity index (χ0) is 23.9. The Bertz CT molecular complexity index is 1290. The highest BCUT2D eigenvalue weighted by Crippen LogP contribution is 2.31. The van der Waals surface area contributed by atoms with E-state index in [9.17, 15) is 19.4 Å². The van der Waals surface area contributed by atoms with Crippen LogP contribution in [0.1, 0.15) is 28.4 Å². The molecule has 0 spiro atoms. The lowest BCUT2D eigenvalue weighted by Gasteiger charge is -2.13. The van der Waals surface area contributed by atoms with Gasteiger partial charge in [0.2, 0.25) is 0 Å². The van der Waals surface area contributed by atoms with E-state index in [1.807, 2.05) is 12.1 Å². The number of phenolic OH excluding ortho intramolecular Hbond substituents is 1. The minimum atomic E-state index is -0.785. The van der Waals surface area contributed by atoms with Gasteiger partial charge < -0.3 is 25.8 Å². The van der Waals surface area contributed by atoms with Crippen molar-refractivity contribution in [2.24, 2.45) is 0 Å². The third kappa shape index (κ3) is 6.09. The number of rotatable bonds is 11. The van der Waals surface area contributed by atoms with Gasteiger partial charge in [-0.1, -0.05) is 59.9 Å². The molecule has 8 heteroatoms. The van der Waals surface area contributed by atoms with E-state index in [1.54, 1.807) is 12.1 Å². The number of aromatic nitrogens is 1. The molecule has 4 aromatic rings. The van der Waals surface area contributed by atoms with E-state index in [4.69, 9.17) is 0 Å². The number of H-pyrrole nitrogens is 1. The number of fused-ring (bicyclic) bond motifs is 1. The number of aliphatic hydroxyl groups excluding tert-OH is 1. The second kappa shape index (κ2) is 11.4. The molecule has 3 aromatic carbocycles. The number of nitrogens with one attached hydrogen (secondary N) is 3. The molecular weight excluding hydrogens is 453 g/mol. The molecule has 0 saturated heterocycles. The number of halogens is 1. The van der Waals surface area contributed by atoms with Gasteiger partial charge in [0.25, 0.3) is 0 Å². The molecule has 1 unspecified atom stereocenters. The van der Waals surface area contributed by atoms with Crippen molar-refractivity contribution in [3.05, 3.63) is 98.4 Å². The summed E-state index contributed by atoms with van der Waals surface area (Å²) >= 11 is 0.984. The summed E-state index contributed by atoms with van der Waals surface area (Å²) in [6.45, 7) is 2.48. The highest BCUT2D eigenvalue weighted by atomic mass is 32.1. The number of benzene rings is 3. The molecule has 0 aliphatic carbocycles. The van der Waals surface area contributed by atoms with Crippen LogP contribution in [0.4, 0.5) is 4.39 Å². The molecule has 0 saturated carbocycles. The van der Waals surface area contributed by atoms with Crippen molar-refractivity contribution in [3.8, 4) is 5.75 Å². The number of aromatic amines is 1. The van der Waals surface area contributed by atoms with Crippen LogP contribution in [0.25, 0.3) is 10.2 Å². The molecule has 0 aliphatic rings. The summed E-state index contributed by atoms with van der Waals surface area (Å²) < 4.78 is 14.2. The number of phenols is 1. The van der Waals surface area contributed by atoms with Crippen molar-refractivity contribution in [3.63, 3.8) is 0 Å². The van der Waals surface area contributed by atoms with Crippen LogP contribution in [-0.4, -0.2) is 34.8 Å². The molecule has 0 bridgehead atoms. The van der Waals surface area contributed by atoms with Crippen molar-refractivity contribution >= 4 is 21.6 Å². The lowest BCUT2D eigenvalue weighted by atomic mass is 10.1. The van der Waals surface area contributed by atoms with Gasteiger partial charge in [-0.15, -0.1) is 0 Å². The molecule has 5 N–H and O–H groups in total. The van der Waals surface area contributed by atoms with Crippen molar-refractivity contribution in [2.45, 2.75) is 25.5 Å². The second-order valence-electron chi connectivity index (χ2n) is 8.20. The van der Waals surface area contributed by atoms with Crippen LogP contribution in [0.5, 0.6) is 5.75 Å². The third-order valence-corrected chi connectivity index (χ3v) is 6.69. The fourth-order valence-corrected chi connectivity index (χ4v) is 4.78. The summed E-state index contributed by atoms with van der Waals surface area (Å²) in [6, 6.07) is 18.3. The average Bonchev–Trinajstić information content (AvgIpc) is 3.24. The van der Waals surface area contributed by atoms with Gasteiger partial charge in [-0.25, -0.2) is 4.39 Å².